The second-order valence-corrected chi connectivity index (χ2v) is 4.10. The summed E-state index contributed by atoms with van der Waals surface area (Å²) < 4.78 is 10.3. The smallest absolute Gasteiger partial charge is 0.119 e. The molecule has 0 heterocycles. The Hall–Kier alpha value is -1.53. The Labute approximate surface area is 96.6 Å². The van der Waals surface area contributed by atoms with Crippen LogP contribution in [0.25, 0.3) is 0 Å². The Morgan fingerprint density at radius 3 is 2.31 bits per heavy atom. The molecule has 0 aromatic heterocycles. The molecule has 1 aromatic rings. The van der Waals surface area contributed by atoms with E-state index in [0.717, 1.165) is 11.3 Å². The van der Waals surface area contributed by atoms with E-state index in [1.807, 2.05) is 38.1 Å². The first-order valence-electron chi connectivity index (χ1n) is 5.23. The number of hydrogen-bond acceptors (Lipinski definition) is 3. The van der Waals surface area contributed by atoms with Crippen LogP contribution in [0.5, 0.6) is 5.75 Å². The van der Waals surface area contributed by atoms with Crippen molar-refractivity contribution in [1.29, 1.82) is 5.26 Å². The molecule has 0 aliphatic carbocycles. The molecule has 0 saturated heterocycles. The second-order valence-electron chi connectivity index (χ2n) is 4.10. The lowest BCUT2D eigenvalue weighted by Crippen LogP contribution is -2.13. The minimum Gasteiger partial charge on any atom is -0.491 e. The summed E-state index contributed by atoms with van der Waals surface area (Å²) in [5.41, 5.74) is 0.541. The fourth-order valence-electron chi connectivity index (χ4n) is 1.28. The van der Waals surface area contributed by atoms with Gasteiger partial charge in [-0.05, 0) is 31.5 Å². The molecule has 0 aliphatic heterocycles. The fraction of sp³-hybridized carbons (Fsp3) is 0.462. The van der Waals surface area contributed by atoms with Crippen LogP contribution >= 0.6 is 0 Å². The van der Waals surface area contributed by atoms with Gasteiger partial charge in [-0.2, -0.15) is 5.26 Å². The molecule has 0 fully saturated rings. The van der Waals surface area contributed by atoms with Crippen molar-refractivity contribution in [1.82, 2.24) is 0 Å². The molecule has 0 saturated carbocycles. The average Bonchev–Trinajstić information content (AvgIpc) is 2.30. The predicted octanol–water partition coefficient (Wildman–Crippen LogP) is 2.51. The minimum atomic E-state index is -0.453. The van der Waals surface area contributed by atoms with Gasteiger partial charge in [-0.3, -0.25) is 0 Å². The molecule has 1 rings (SSSR count). The first-order valence-corrected chi connectivity index (χ1v) is 5.23. The highest BCUT2D eigenvalue weighted by molar-refractivity contribution is 5.35. The number of rotatable bonds is 5. The van der Waals surface area contributed by atoms with E-state index >= 15 is 0 Å². The normalized spacial score (nSPS) is 10.9. The van der Waals surface area contributed by atoms with Gasteiger partial charge >= 0.3 is 0 Å². The van der Waals surface area contributed by atoms with E-state index in [2.05, 4.69) is 6.07 Å². The van der Waals surface area contributed by atoms with Gasteiger partial charge < -0.3 is 9.47 Å². The van der Waals surface area contributed by atoms with Gasteiger partial charge in [0.2, 0.25) is 0 Å². The molecular formula is C13H17NO2. The number of ether oxygens (including phenoxy) is 2. The quantitative estimate of drug-likeness (QED) is 0.714. The zero-order valence-electron chi connectivity index (χ0n) is 9.99. The number of nitrogens with zero attached hydrogens (tertiary/aromatic N) is 1. The van der Waals surface area contributed by atoms with Gasteiger partial charge in [0.15, 0.2) is 0 Å². The molecule has 0 atom stereocenters. The molecule has 0 aliphatic rings. The Morgan fingerprint density at radius 1 is 1.19 bits per heavy atom. The summed E-state index contributed by atoms with van der Waals surface area (Å²) in [6, 6.07) is 9.87. The highest BCUT2D eigenvalue weighted by Crippen LogP contribution is 2.24. The van der Waals surface area contributed by atoms with Crippen molar-refractivity contribution in [3.8, 4) is 11.8 Å². The Kier molecular flexibility index (Phi) is 4.33. The standard InChI is InChI=1S/C13H17NO2/c1-13(2,10-14)11-4-6-12(7-5-11)16-9-8-15-3/h4-7H,8-9H2,1-3H3. The SMILES string of the molecule is COCCOc1ccc(C(C)(C)C#N)cc1. The number of methoxy groups -OCH3 is 1. The molecule has 0 spiro atoms. The summed E-state index contributed by atoms with van der Waals surface area (Å²) in [6.07, 6.45) is 0. The van der Waals surface area contributed by atoms with Crippen LogP contribution in [-0.4, -0.2) is 20.3 Å². The van der Waals surface area contributed by atoms with E-state index in [9.17, 15) is 0 Å². The fourth-order valence-corrected chi connectivity index (χ4v) is 1.28. The van der Waals surface area contributed by atoms with Crippen molar-refractivity contribution in [3.63, 3.8) is 0 Å². The lowest BCUT2D eigenvalue weighted by atomic mass is 9.86. The first-order chi connectivity index (χ1) is 7.60. The average molecular weight is 219 g/mol. The van der Waals surface area contributed by atoms with Crippen LogP contribution in [0.3, 0.4) is 0 Å². The van der Waals surface area contributed by atoms with Crippen LogP contribution in [0.2, 0.25) is 0 Å². The first kappa shape index (κ1) is 12.5. The molecule has 1 aromatic carbocycles. The monoisotopic (exact) mass is 219 g/mol. The van der Waals surface area contributed by atoms with Crippen LogP contribution in [0.1, 0.15) is 19.4 Å². The van der Waals surface area contributed by atoms with E-state index in [4.69, 9.17) is 14.7 Å². The summed E-state index contributed by atoms with van der Waals surface area (Å²) in [7, 11) is 1.64. The van der Waals surface area contributed by atoms with E-state index in [1.54, 1.807) is 7.11 Å². The summed E-state index contributed by atoms with van der Waals surface area (Å²) in [5, 5.41) is 8.99. The Morgan fingerprint density at radius 2 is 1.81 bits per heavy atom. The summed E-state index contributed by atoms with van der Waals surface area (Å²) in [4.78, 5) is 0. The van der Waals surface area contributed by atoms with Gasteiger partial charge in [0.1, 0.15) is 12.4 Å². The van der Waals surface area contributed by atoms with Crippen LogP contribution in [0, 0.1) is 11.3 Å². The largest absolute Gasteiger partial charge is 0.491 e. The zero-order chi connectivity index (χ0) is 12.0. The topological polar surface area (TPSA) is 42.2 Å². The van der Waals surface area contributed by atoms with E-state index in [-0.39, 0.29) is 0 Å². The zero-order valence-corrected chi connectivity index (χ0v) is 9.99. The maximum atomic E-state index is 8.99. The minimum absolute atomic E-state index is 0.453. The van der Waals surface area contributed by atoms with Crippen LogP contribution in [0.15, 0.2) is 24.3 Å². The van der Waals surface area contributed by atoms with Crippen molar-refractivity contribution in [2.24, 2.45) is 0 Å². The summed E-state index contributed by atoms with van der Waals surface area (Å²) in [5.74, 6) is 0.800. The van der Waals surface area contributed by atoms with Crippen molar-refractivity contribution < 1.29 is 9.47 Å². The molecular weight excluding hydrogens is 202 g/mol. The van der Waals surface area contributed by atoms with Crippen LogP contribution < -0.4 is 4.74 Å². The van der Waals surface area contributed by atoms with Gasteiger partial charge in [-0.15, -0.1) is 0 Å². The van der Waals surface area contributed by atoms with E-state index in [1.165, 1.54) is 0 Å². The van der Waals surface area contributed by atoms with Crippen LogP contribution in [0.4, 0.5) is 0 Å². The predicted molar refractivity (Wildman–Crippen MR) is 62.5 cm³/mol. The summed E-state index contributed by atoms with van der Waals surface area (Å²) >= 11 is 0. The lowest BCUT2D eigenvalue weighted by molar-refractivity contribution is 0.146. The lowest BCUT2D eigenvalue weighted by Gasteiger charge is -2.16. The van der Waals surface area contributed by atoms with Crippen LogP contribution in [-0.2, 0) is 10.2 Å². The molecule has 0 bridgehead atoms. The molecule has 16 heavy (non-hydrogen) atoms. The van der Waals surface area contributed by atoms with Gasteiger partial charge in [-0.25, -0.2) is 0 Å². The van der Waals surface area contributed by atoms with Gasteiger partial charge in [0.25, 0.3) is 0 Å². The third kappa shape index (κ3) is 3.25. The maximum absolute atomic E-state index is 8.99. The number of hydrogen-bond donors (Lipinski definition) is 0. The molecule has 3 heteroatoms. The molecule has 0 radical (unpaired) electrons. The second kappa shape index (κ2) is 5.53. The summed E-state index contributed by atoms with van der Waals surface area (Å²) in [6.45, 7) is 4.91. The molecule has 0 amide bonds. The third-order valence-corrected chi connectivity index (χ3v) is 2.41. The van der Waals surface area contributed by atoms with Gasteiger partial charge in [0, 0.05) is 7.11 Å². The van der Waals surface area contributed by atoms with Gasteiger partial charge in [-0.1, -0.05) is 12.1 Å². The molecule has 3 nitrogen and oxygen atoms in total. The molecule has 86 valence electrons. The van der Waals surface area contributed by atoms with Crippen molar-refractivity contribution in [3.05, 3.63) is 29.8 Å². The van der Waals surface area contributed by atoms with Gasteiger partial charge in [0.05, 0.1) is 18.1 Å². The van der Waals surface area contributed by atoms with Crippen molar-refractivity contribution in [2.45, 2.75) is 19.3 Å². The Bertz CT molecular complexity index is 363. The number of nitriles is 1. The Balaban J connectivity index is 2.65. The van der Waals surface area contributed by atoms with Crippen molar-refractivity contribution >= 4 is 0 Å². The number of benzene rings is 1. The van der Waals surface area contributed by atoms with E-state index in [0.29, 0.717) is 13.2 Å². The van der Waals surface area contributed by atoms with Crippen molar-refractivity contribution in [2.75, 3.05) is 20.3 Å². The molecule has 0 N–H and O–H groups in total. The highest BCUT2D eigenvalue weighted by atomic mass is 16.5. The maximum Gasteiger partial charge on any atom is 0.119 e. The van der Waals surface area contributed by atoms with E-state index < -0.39 is 5.41 Å². The highest BCUT2D eigenvalue weighted by Gasteiger charge is 2.19. The third-order valence-electron chi connectivity index (χ3n) is 2.41. The molecule has 0 unspecified atom stereocenters.